The average molecular weight is 368 g/mol. The van der Waals surface area contributed by atoms with Crippen molar-refractivity contribution in [2.75, 3.05) is 12.4 Å². The van der Waals surface area contributed by atoms with Crippen LogP contribution in [-0.4, -0.2) is 13.0 Å². The molecule has 1 amide bonds. The Kier molecular flexibility index (Phi) is 5.44. The third-order valence-electron chi connectivity index (χ3n) is 3.83. The fraction of sp³-hybridized carbons (Fsp3) is 0.0952. The third kappa shape index (κ3) is 4.35. The molecule has 0 bridgehead atoms. The van der Waals surface area contributed by atoms with Gasteiger partial charge in [0.1, 0.15) is 17.2 Å². The fourth-order valence-electron chi connectivity index (χ4n) is 2.38. The van der Waals surface area contributed by atoms with Crippen LogP contribution < -0.4 is 14.8 Å². The monoisotopic (exact) mass is 367 g/mol. The van der Waals surface area contributed by atoms with E-state index in [1.807, 2.05) is 37.3 Å². The number of methoxy groups -OCH3 is 1. The molecule has 0 aliphatic rings. The molecule has 0 saturated carbocycles. The van der Waals surface area contributed by atoms with E-state index < -0.39 is 0 Å². The fourth-order valence-corrected chi connectivity index (χ4v) is 2.50. The van der Waals surface area contributed by atoms with Crippen molar-refractivity contribution in [2.45, 2.75) is 6.92 Å². The maximum atomic E-state index is 12.4. The molecule has 0 aliphatic heterocycles. The summed E-state index contributed by atoms with van der Waals surface area (Å²) in [5.74, 6) is 1.92. The van der Waals surface area contributed by atoms with Crippen molar-refractivity contribution in [1.82, 2.24) is 0 Å². The molecule has 0 saturated heterocycles. The van der Waals surface area contributed by atoms with Gasteiger partial charge in [-0.1, -0.05) is 11.6 Å². The maximum Gasteiger partial charge on any atom is 0.255 e. The van der Waals surface area contributed by atoms with Crippen LogP contribution in [0.2, 0.25) is 5.02 Å². The molecular weight excluding hydrogens is 350 g/mol. The molecule has 0 aliphatic carbocycles. The van der Waals surface area contributed by atoms with Crippen LogP contribution in [0.15, 0.2) is 66.7 Å². The van der Waals surface area contributed by atoms with Crippen molar-refractivity contribution in [2.24, 2.45) is 0 Å². The van der Waals surface area contributed by atoms with E-state index in [2.05, 4.69) is 5.32 Å². The zero-order chi connectivity index (χ0) is 18.5. The highest BCUT2D eigenvalue weighted by atomic mass is 35.5. The number of halogens is 1. The molecule has 26 heavy (non-hydrogen) atoms. The molecule has 0 unspecified atom stereocenters. The van der Waals surface area contributed by atoms with Gasteiger partial charge in [0.2, 0.25) is 0 Å². The molecule has 3 aromatic carbocycles. The molecule has 0 aromatic heterocycles. The summed E-state index contributed by atoms with van der Waals surface area (Å²) in [4.78, 5) is 12.4. The number of carbonyl (C=O) groups excluding carboxylic acids is 1. The topological polar surface area (TPSA) is 47.6 Å². The second-order valence-corrected chi connectivity index (χ2v) is 6.13. The van der Waals surface area contributed by atoms with Gasteiger partial charge in [-0.25, -0.2) is 0 Å². The molecule has 5 heteroatoms. The van der Waals surface area contributed by atoms with Crippen LogP contribution in [0.3, 0.4) is 0 Å². The molecule has 3 aromatic rings. The van der Waals surface area contributed by atoms with Crippen LogP contribution in [0.25, 0.3) is 0 Å². The lowest BCUT2D eigenvalue weighted by Gasteiger charge is -2.09. The zero-order valence-electron chi connectivity index (χ0n) is 14.5. The Hall–Kier alpha value is -2.98. The van der Waals surface area contributed by atoms with Crippen molar-refractivity contribution in [3.8, 4) is 17.2 Å². The molecule has 4 nitrogen and oxygen atoms in total. The number of carbonyl (C=O) groups is 1. The normalized spacial score (nSPS) is 10.3. The van der Waals surface area contributed by atoms with Crippen molar-refractivity contribution < 1.29 is 14.3 Å². The number of rotatable bonds is 5. The lowest BCUT2D eigenvalue weighted by atomic mass is 10.2. The minimum absolute atomic E-state index is 0.192. The van der Waals surface area contributed by atoms with Gasteiger partial charge in [0.05, 0.1) is 7.11 Å². The first-order valence-electron chi connectivity index (χ1n) is 8.04. The minimum atomic E-state index is -0.192. The van der Waals surface area contributed by atoms with E-state index in [0.717, 1.165) is 11.3 Å². The lowest BCUT2D eigenvalue weighted by molar-refractivity contribution is 0.102. The second-order valence-electron chi connectivity index (χ2n) is 5.72. The van der Waals surface area contributed by atoms with Gasteiger partial charge in [-0.15, -0.1) is 0 Å². The van der Waals surface area contributed by atoms with E-state index in [0.29, 0.717) is 27.8 Å². The predicted molar refractivity (Wildman–Crippen MR) is 104 cm³/mol. The van der Waals surface area contributed by atoms with E-state index in [4.69, 9.17) is 21.1 Å². The first-order valence-corrected chi connectivity index (χ1v) is 8.42. The quantitative estimate of drug-likeness (QED) is 0.629. The van der Waals surface area contributed by atoms with Crippen LogP contribution in [0.5, 0.6) is 17.2 Å². The Morgan fingerprint density at radius 3 is 2.04 bits per heavy atom. The molecule has 0 fully saturated rings. The summed E-state index contributed by atoms with van der Waals surface area (Å²) < 4.78 is 10.9. The largest absolute Gasteiger partial charge is 0.497 e. The minimum Gasteiger partial charge on any atom is -0.497 e. The lowest BCUT2D eigenvalue weighted by Crippen LogP contribution is -2.11. The first-order chi connectivity index (χ1) is 12.5. The molecule has 1 N–H and O–H groups in total. The van der Waals surface area contributed by atoms with Crippen LogP contribution in [-0.2, 0) is 0 Å². The molecule has 132 valence electrons. The van der Waals surface area contributed by atoms with Gasteiger partial charge in [-0.05, 0) is 79.2 Å². The number of hydrogen-bond donors (Lipinski definition) is 1. The van der Waals surface area contributed by atoms with Crippen molar-refractivity contribution >= 4 is 23.2 Å². The van der Waals surface area contributed by atoms with Crippen LogP contribution in [0.1, 0.15) is 15.9 Å². The van der Waals surface area contributed by atoms with Gasteiger partial charge < -0.3 is 14.8 Å². The number of ether oxygens (including phenoxy) is 2. The zero-order valence-corrected chi connectivity index (χ0v) is 15.2. The Morgan fingerprint density at radius 1 is 0.885 bits per heavy atom. The van der Waals surface area contributed by atoms with E-state index in [1.54, 1.807) is 43.5 Å². The summed E-state index contributed by atoms with van der Waals surface area (Å²) in [6, 6.07) is 19.6. The highest BCUT2D eigenvalue weighted by Gasteiger charge is 2.08. The molecule has 0 spiro atoms. The van der Waals surface area contributed by atoms with Crippen LogP contribution in [0, 0.1) is 6.92 Å². The van der Waals surface area contributed by atoms with Crippen LogP contribution in [0.4, 0.5) is 5.69 Å². The predicted octanol–water partition coefficient (Wildman–Crippen LogP) is 5.70. The van der Waals surface area contributed by atoms with Gasteiger partial charge in [0.25, 0.3) is 5.91 Å². The van der Waals surface area contributed by atoms with Gasteiger partial charge in [0, 0.05) is 16.3 Å². The van der Waals surface area contributed by atoms with E-state index in [9.17, 15) is 4.79 Å². The highest BCUT2D eigenvalue weighted by Crippen LogP contribution is 2.24. The average Bonchev–Trinajstić information content (AvgIpc) is 2.66. The van der Waals surface area contributed by atoms with Crippen molar-refractivity contribution in [3.63, 3.8) is 0 Å². The Labute approximate surface area is 157 Å². The van der Waals surface area contributed by atoms with E-state index in [1.165, 1.54) is 0 Å². The number of amides is 1. The summed E-state index contributed by atoms with van der Waals surface area (Å²) in [6.07, 6.45) is 0. The standard InChI is InChI=1S/C21H18ClNO3/c1-14-13-16(5-12-20(14)22)23-21(24)15-3-6-18(7-4-15)26-19-10-8-17(25-2)9-11-19/h3-13H,1-2H3,(H,23,24). The summed E-state index contributed by atoms with van der Waals surface area (Å²) in [5, 5.41) is 3.53. The first kappa shape index (κ1) is 17.8. The second kappa shape index (κ2) is 7.93. The number of nitrogens with one attached hydrogen (secondary N) is 1. The van der Waals surface area contributed by atoms with Crippen molar-refractivity contribution in [3.05, 3.63) is 82.9 Å². The maximum absolute atomic E-state index is 12.4. The number of benzene rings is 3. The molecule has 0 atom stereocenters. The number of anilines is 1. The van der Waals surface area contributed by atoms with Gasteiger partial charge in [-0.2, -0.15) is 0 Å². The molecular formula is C21H18ClNO3. The smallest absolute Gasteiger partial charge is 0.255 e. The summed E-state index contributed by atoms with van der Waals surface area (Å²) in [7, 11) is 1.62. The Morgan fingerprint density at radius 2 is 1.46 bits per heavy atom. The van der Waals surface area contributed by atoms with E-state index >= 15 is 0 Å². The Balaban J connectivity index is 1.66. The van der Waals surface area contributed by atoms with E-state index in [-0.39, 0.29) is 5.91 Å². The van der Waals surface area contributed by atoms with Crippen molar-refractivity contribution in [1.29, 1.82) is 0 Å². The summed E-state index contributed by atoms with van der Waals surface area (Å²) >= 11 is 6.00. The number of hydrogen-bond acceptors (Lipinski definition) is 3. The summed E-state index contributed by atoms with van der Waals surface area (Å²) in [5.41, 5.74) is 2.16. The highest BCUT2D eigenvalue weighted by molar-refractivity contribution is 6.31. The third-order valence-corrected chi connectivity index (χ3v) is 4.25. The Bertz CT molecular complexity index is 906. The molecule has 3 rings (SSSR count). The summed E-state index contributed by atoms with van der Waals surface area (Å²) in [6.45, 7) is 1.89. The SMILES string of the molecule is COc1ccc(Oc2ccc(C(=O)Nc3ccc(Cl)c(C)c3)cc2)cc1. The molecule has 0 radical (unpaired) electrons. The van der Waals surface area contributed by atoms with Gasteiger partial charge in [0.15, 0.2) is 0 Å². The van der Waals surface area contributed by atoms with Gasteiger partial charge in [-0.3, -0.25) is 4.79 Å². The molecule has 0 heterocycles. The van der Waals surface area contributed by atoms with Crippen LogP contribution >= 0.6 is 11.6 Å². The number of aryl methyl sites for hydroxylation is 1. The van der Waals surface area contributed by atoms with Gasteiger partial charge >= 0.3 is 0 Å².